The fourth-order valence-electron chi connectivity index (χ4n) is 1.20. The summed E-state index contributed by atoms with van der Waals surface area (Å²) in [5, 5.41) is 0. The van der Waals surface area contributed by atoms with E-state index in [-0.39, 0.29) is 12.0 Å². The predicted octanol–water partition coefficient (Wildman–Crippen LogP) is -0.0314. The van der Waals surface area contributed by atoms with Crippen molar-refractivity contribution in [3.8, 4) is 0 Å². The molecule has 1 heterocycles. The molecule has 0 fully saturated rings. The summed E-state index contributed by atoms with van der Waals surface area (Å²) in [6.07, 6.45) is 0.714. The topological polar surface area (TPSA) is 71.0 Å². The molecule has 6 heteroatoms. The number of nitrogens with one attached hydrogen (secondary N) is 1. The van der Waals surface area contributed by atoms with Crippen LogP contribution in [-0.4, -0.2) is 28.6 Å². The molecule has 1 aromatic rings. The van der Waals surface area contributed by atoms with Crippen LogP contribution in [0.5, 0.6) is 0 Å². The molecule has 0 aliphatic carbocycles. The molecule has 6 nitrogen and oxygen atoms in total. The van der Waals surface area contributed by atoms with E-state index in [1.807, 2.05) is 13.8 Å². The standard InChI is InChI=1S/C9H16N4O2/c1-5-6(2)13-8(14)10-7(12(3)4)11-9(13)15/h6H,5H2,1-4H3,(H,10,11,14,15). The molecule has 0 amide bonds. The van der Waals surface area contributed by atoms with Crippen molar-refractivity contribution in [2.45, 2.75) is 26.3 Å². The Morgan fingerprint density at radius 1 is 1.47 bits per heavy atom. The molecule has 1 atom stereocenters. The summed E-state index contributed by atoms with van der Waals surface area (Å²) >= 11 is 0. The lowest BCUT2D eigenvalue weighted by atomic mass is 10.3. The third-order valence-electron chi connectivity index (χ3n) is 2.30. The highest BCUT2D eigenvalue weighted by Crippen LogP contribution is 2.03. The normalized spacial score (nSPS) is 12.5. The molecule has 0 bridgehead atoms. The van der Waals surface area contributed by atoms with Gasteiger partial charge in [-0.3, -0.25) is 4.98 Å². The van der Waals surface area contributed by atoms with Crippen molar-refractivity contribution in [2.75, 3.05) is 19.0 Å². The number of H-pyrrole nitrogens is 1. The largest absolute Gasteiger partial charge is 0.355 e. The van der Waals surface area contributed by atoms with E-state index in [4.69, 9.17) is 0 Å². The van der Waals surface area contributed by atoms with E-state index in [0.717, 1.165) is 4.57 Å². The minimum Gasteiger partial charge on any atom is -0.348 e. The first-order valence-electron chi connectivity index (χ1n) is 4.87. The Kier molecular flexibility index (Phi) is 3.28. The van der Waals surface area contributed by atoms with Crippen LogP contribution in [0.1, 0.15) is 26.3 Å². The maximum absolute atomic E-state index is 11.6. The van der Waals surface area contributed by atoms with Crippen molar-refractivity contribution in [1.29, 1.82) is 0 Å². The van der Waals surface area contributed by atoms with Gasteiger partial charge in [-0.15, -0.1) is 0 Å². The number of hydrogen-bond acceptors (Lipinski definition) is 4. The first-order valence-corrected chi connectivity index (χ1v) is 4.87. The molecule has 0 aromatic carbocycles. The number of nitrogens with zero attached hydrogens (tertiary/aromatic N) is 3. The van der Waals surface area contributed by atoms with E-state index < -0.39 is 11.4 Å². The highest BCUT2D eigenvalue weighted by molar-refractivity contribution is 5.23. The van der Waals surface area contributed by atoms with Gasteiger partial charge in [-0.25, -0.2) is 14.2 Å². The molecule has 1 rings (SSSR count). The molecule has 0 aliphatic rings. The zero-order valence-corrected chi connectivity index (χ0v) is 9.44. The number of aromatic nitrogens is 3. The first kappa shape index (κ1) is 11.5. The number of rotatable bonds is 3. The fourth-order valence-corrected chi connectivity index (χ4v) is 1.20. The summed E-state index contributed by atoms with van der Waals surface area (Å²) < 4.78 is 1.13. The zero-order valence-electron chi connectivity index (χ0n) is 9.44. The predicted molar refractivity (Wildman–Crippen MR) is 58.4 cm³/mol. The van der Waals surface area contributed by atoms with Crippen molar-refractivity contribution in [2.24, 2.45) is 0 Å². The quantitative estimate of drug-likeness (QED) is 0.763. The molecule has 1 N–H and O–H groups in total. The Morgan fingerprint density at radius 2 is 2.07 bits per heavy atom. The van der Waals surface area contributed by atoms with Gasteiger partial charge in [-0.2, -0.15) is 4.98 Å². The van der Waals surface area contributed by atoms with Crippen LogP contribution in [0.3, 0.4) is 0 Å². The fraction of sp³-hybridized carbons (Fsp3) is 0.667. The van der Waals surface area contributed by atoms with Gasteiger partial charge in [0.15, 0.2) is 0 Å². The lowest BCUT2D eigenvalue weighted by Gasteiger charge is -2.14. The summed E-state index contributed by atoms with van der Waals surface area (Å²) in [6.45, 7) is 3.73. The van der Waals surface area contributed by atoms with E-state index >= 15 is 0 Å². The molecule has 0 spiro atoms. The van der Waals surface area contributed by atoms with Gasteiger partial charge in [0, 0.05) is 20.1 Å². The van der Waals surface area contributed by atoms with Gasteiger partial charge in [0.1, 0.15) is 0 Å². The number of anilines is 1. The van der Waals surface area contributed by atoms with Crippen molar-refractivity contribution in [1.82, 2.24) is 14.5 Å². The van der Waals surface area contributed by atoms with E-state index in [1.165, 1.54) is 0 Å². The molecule has 0 saturated carbocycles. The third kappa shape index (κ3) is 2.26. The summed E-state index contributed by atoms with van der Waals surface area (Å²) in [7, 11) is 3.43. The van der Waals surface area contributed by atoms with E-state index in [9.17, 15) is 9.59 Å². The van der Waals surface area contributed by atoms with Crippen LogP contribution in [0.4, 0.5) is 5.95 Å². The smallest absolute Gasteiger partial charge is 0.348 e. The van der Waals surface area contributed by atoms with Crippen LogP contribution in [0.15, 0.2) is 9.59 Å². The summed E-state index contributed by atoms with van der Waals surface area (Å²) in [5.41, 5.74) is -0.912. The number of hydrogen-bond donors (Lipinski definition) is 1. The van der Waals surface area contributed by atoms with Crippen LogP contribution in [0.25, 0.3) is 0 Å². The maximum atomic E-state index is 11.6. The van der Waals surface area contributed by atoms with Crippen molar-refractivity contribution in [3.63, 3.8) is 0 Å². The van der Waals surface area contributed by atoms with E-state index in [2.05, 4.69) is 9.97 Å². The van der Waals surface area contributed by atoms with Gasteiger partial charge >= 0.3 is 11.4 Å². The van der Waals surface area contributed by atoms with E-state index in [1.54, 1.807) is 19.0 Å². The lowest BCUT2D eigenvalue weighted by Crippen LogP contribution is -2.40. The molecule has 1 aromatic heterocycles. The Bertz CT molecular complexity index is 415. The SMILES string of the molecule is CCC(C)n1c(=O)nc(N(C)C)[nH]c1=O. The molecule has 1 unspecified atom stereocenters. The molecule has 15 heavy (non-hydrogen) atoms. The van der Waals surface area contributed by atoms with Gasteiger partial charge < -0.3 is 4.90 Å². The highest BCUT2D eigenvalue weighted by Gasteiger charge is 2.11. The number of aromatic amines is 1. The summed E-state index contributed by atoms with van der Waals surface area (Å²) in [6, 6.07) is -0.134. The molecule has 0 aliphatic heterocycles. The van der Waals surface area contributed by atoms with Gasteiger partial charge in [-0.1, -0.05) is 6.92 Å². The van der Waals surface area contributed by atoms with E-state index in [0.29, 0.717) is 6.42 Å². The minimum absolute atomic E-state index is 0.134. The van der Waals surface area contributed by atoms with Crippen molar-refractivity contribution >= 4 is 5.95 Å². The van der Waals surface area contributed by atoms with Crippen LogP contribution < -0.4 is 16.3 Å². The molecule has 84 valence electrons. The second kappa shape index (κ2) is 4.29. The van der Waals surface area contributed by atoms with Crippen LogP contribution in [0, 0.1) is 0 Å². The summed E-state index contributed by atoms with van der Waals surface area (Å²) in [4.78, 5) is 31.1. The monoisotopic (exact) mass is 212 g/mol. The zero-order chi connectivity index (χ0) is 11.6. The molecular formula is C9H16N4O2. The van der Waals surface area contributed by atoms with Crippen LogP contribution >= 0.6 is 0 Å². The Morgan fingerprint density at radius 3 is 2.47 bits per heavy atom. The van der Waals surface area contributed by atoms with Gasteiger partial charge in [0.25, 0.3) is 0 Å². The second-order valence-corrected chi connectivity index (χ2v) is 3.67. The average molecular weight is 212 g/mol. The maximum Gasteiger partial charge on any atom is 0.355 e. The van der Waals surface area contributed by atoms with Crippen LogP contribution in [0.2, 0.25) is 0 Å². The van der Waals surface area contributed by atoms with Gasteiger partial charge in [0.05, 0.1) is 0 Å². The minimum atomic E-state index is -0.503. The Hall–Kier alpha value is -1.59. The highest BCUT2D eigenvalue weighted by atomic mass is 16.2. The first-order chi connectivity index (χ1) is 6.97. The second-order valence-electron chi connectivity index (χ2n) is 3.67. The third-order valence-corrected chi connectivity index (χ3v) is 2.30. The average Bonchev–Trinajstić information content (AvgIpc) is 2.16. The Labute approximate surface area is 87.6 Å². The Balaban J connectivity index is 3.35. The van der Waals surface area contributed by atoms with Gasteiger partial charge in [-0.05, 0) is 13.3 Å². The van der Waals surface area contributed by atoms with Crippen molar-refractivity contribution < 1.29 is 0 Å². The summed E-state index contributed by atoms with van der Waals surface area (Å²) in [5.74, 6) is 0.282. The van der Waals surface area contributed by atoms with Gasteiger partial charge in [0.2, 0.25) is 5.95 Å². The van der Waals surface area contributed by atoms with Crippen molar-refractivity contribution in [3.05, 3.63) is 21.0 Å². The molecule has 0 saturated heterocycles. The van der Waals surface area contributed by atoms with Crippen LogP contribution in [-0.2, 0) is 0 Å². The molecular weight excluding hydrogens is 196 g/mol. The molecule has 0 radical (unpaired) electrons. The lowest BCUT2D eigenvalue weighted by molar-refractivity contribution is 0.477.